The van der Waals surface area contributed by atoms with E-state index in [1.165, 1.54) is 19.3 Å². The summed E-state index contributed by atoms with van der Waals surface area (Å²) in [5, 5.41) is 2.05. The Labute approximate surface area is 170 Å². The minimum Gasteiger partial charge on any atom is -0.385 e. The highest BCUT2D eigenvalue weighted by atomic mass is 32.2. The van der Waals surface area contributed by atoms with E-state index in [0.29, 0.717) is 35.6 Å². The maximum Gasteiger partial charge on any atom is 0.639 e. The second-order valence-electron chi connectivity index (χ2n) is 6.17. The van der Waals surface area contributed by atoms with Gasteiger partial charge in [-0.2, -0.15) is 35.3 Å². The van der Waals surface area contributed by atoms with Gasteiger partial charge in [0, 0.05) is 52.8 Å². The third kappa shape index (κ3) is 16.9. The summed E-state index contributed by atoms with van der Waals surface area (Å²) in [6.45, 7) is 15.5. The second kappa shape index (κ2) is 18.4. The molecular formula is C18H39BO3S3. The molecular weight excluding hydrogens is 371 g/mol. The van der Waals surface area contributed by atoms with E-state index in [-0.39, 0.29) is 0 Å². The molecule has 0 heterocycles. The third-order valence-corrected chi connectivity index (χ3v) is 7.86. The summed E-state index contributed by atoms with van der Waals surface area (Å²) in [7, 11) is -0.521. The van der Waals surface area contributed by atoms with Gasteiger partial charge in [0.1, 0.15) is 0 Å². The average Bonchev–Trinajstić information content (AvgIpc) is 2.63. The van der Waals surface area contributed by atoms with Crippen molar-refractivity contribution in [1.29, 1.82) is 0 Å². The first kappa shape index (κ1) is 26.0. The first-order chi connectivity index (χ1) is 12.0. The minimum atomic E-state index is -0.521. The van der Waals surface area contributed by atoms with E-state index in [9.17, 15) is 0 Å². The van der Waals surface area contributed by atoms with Gasteiger partial charge in [-0.3, -0.25) is 0 Å². The maximum absolute atomic E-state index is 5.82. The van der Waals surface area contributed by atoms with E-state index < -0.39 is 7.32 Å². The SMILES string of the molecule is CCC(C)SCCOB(OCCSC(C)CC)OCCSC(C)CC. The Kier molecular flexibility index (Phi) is 19.1. The molecule has 0 fully saturated rings. The van der Waals surface area contributed by atoms with Crippen molar-refractivity contribution in [3.05, 3.63) is 0 Å². The molecule has 3 unspecified atom stereocenters. The quantitative estimate of drug-likeness (QED) is 0.215. The molecule has 25 heavy (non-hydrogen) atoms. The van der Waals surface area contributed by atoms with Crippen LogP contribution >= 0.6 is 35.3 Å². The summed E-state index contributed by atoms with van der Waals surface area (Å²) in [4.78, 5) is 0. The van der Waals surface area contributed by atoms with Crippen LogP contribution in [0, 0.1) is 0 Å². The predicted molar refractivity (Wildman–Crippen MR) is 120 cm³/mol. The standard InChI is InChI=1S/C18H39BO3S3/c1-7-16(4)23-13-10-20-19(21-11-14-24-17(5)8-2)22-12-15-25-18(6)9-3/h16-18H,7-15H2,1-6H3. The number of hydrogen-bond acceptors (Lipinski definition) is 6. The van der Waals surface area contributed by atoms with Crippen LogP contribution < -0.4 is 0 Å². The van der Waals surface area contributed by atoms with Gasteiger partial charge in [0.15, 0.2) is 0 Å². The van der Waals surface area contributed by atoms with Crippen LogP contribution in [0.1, 0.15) is 60.8 Å². The average molecular weight is 411 g/mol. The third-order valence-electron chi connectivity index (χ3n) is 3.94. The van der Waals surface area contributed by atoms with Crippen LogP contribution in [0.4, 0.5) is 0 Å². The summed E-state index contributed by atoms with van der Waals surface area (Å²) in [5.74, 6) is 2.96. The van der Waals surface area contributed by atoms with E-state index in [0.717, 1.165) is 17.3 Å². The van der Waals surface area contributed by atoms with E-state index in [1.807, 2.05) is 35.3 Å². The first-order valence-electron chi connectivity index (χ1n) is 9.72. The van der Waals surface area contributed by atoms with Crippen LogP contribution in [-0.4, -0.2) is 60.2 Å². The highest BCUT2D eigenvalue weighted by molar-refractivity contribution is 8.00. The van der Waals surface area contributed by atoms with Crippen molar-refractivity contribution < 1.29 is 14.0 Å². The van der Waals surface area contributed by atoms with Gasteiger partial charge in [0.05, 0.1) is 0 Å². The lowest BCUT2D eigenvalue weighted by Gasteiger charge is -2.16. The number of thioether (sulfide) groups is 3. The molecule has 0 aromatic heterocycles. The molecule has 0 aliphatic carbocycles. The van der Waals surface area contributed by atoms with Crippen molar-refractivity contribution >= 4 is 42.6 Å². The van der Waals surface area contributed by atoms with Crippen LogP contribution in [-0.2, 0) is 14.0 Å². The van der Waals surface area contributed by atoms with Crippen LogP contribution in [0.2, 0.25) is 0 Å². The van der Waals surface area contributed by atoms with Gasteiger partial charge in [-0.1, -0.05) is 41.5 Å². The van der Waals surface area contributed by atoms with Crippen molar-refractivity contribution in [3.63, 3.8) is 0 Å². The Hall–Kier alpha value is 0.995. The fourth-order valence-electron chi connectivity index (χ4n) is 1.68. The zero-order chi connectivity index (χ0) is 18.9. The van der Waals surface area contributed by atoms with Crippen molar-refractivity contribution in [2.45, 2.75) is 76.6 Å². The van der Waals surface area contributed by atoms with Gasteiger partial charge in [-0.05, 0) is 19.3 Å². The summed E-state index contributed by atoms with van der Waals surface area (Å²) >= 11 is 5.83. The Morgan fingerprint density at radius 3 is 1.12 bits per heavy atom. The number of hydrogen-bond donors (Lipinski definition) is 0. The van der Waals surface area contributed by atoms with E-state index in [1.54, 1.807) is 0 Å². The molecule has 0 aromatic rings. The van der Waals surface area contributed by atoms with Crippen LogP contribution in [0.5, 0.6) is 0 Å². The fraction of sp³-hybridized carbons (Fsp3) is 1.00. The van der Waals surface area contributed by atoms with Crippen molar-refractivity contribution in [1.82, 2.24) is 0 Å². The molecule has 3 nitrogen and oxygen atoms in total. The molecule has 0 aliphatic rings. The minimum absolute atomic E-state index is 0.521. The summed E-state index contributed by atoms with van der Waals surface area (Å²) in [6, 6.07) is 0. The molecule has 0 radical (unpaired) electrons. The Morgan fingerprint density at radius 2 is 0.880 bits per heavy atom. The molecule has 0 saturated heterocycles. The molecule has 0 aliphatic heterocycles. The van der Waals surface area contributed by atoms with Crippen LogP contribution in [0.25, 0.3) is 0 Å². The Morgan fingerprint density at radius 1 is 0.600 bits per heavy atom. The highest BCUT2D eigenvalue weighted by Gasteiger charge is 2.21. The number of rotatable bonds is 18. The molecule has 0 N–H and O–H groups in total. The largest absolute Gasteiger partial charge is 0.639 e. The molecule has 0 bridgehead atoms. The summed E-state index contributed by atoms with van der Waals surface area (Å²) in [6.07, 6.45) is 3.59. The smallest absolute Gasteiger partial charge is 0.385 e. The topological polar surface area (TPSA) is 27.7 Å². The van der Waals surface area contributed by atoms with Gasteiger partial charge in [-0.25, -0.2) is 0 Å². The van der Waals surface area contributed by atoms with E-state index in [4.69, 9.17) is 14.0 Å². The van der Waals surface area contributed by atoms with E-state index in [2.05, 4.69) is 41.5 Å². The lowest BCUT2D eigenvalue weighted by Crippen LogP contribution is -2.30. The normalized spacial score (nSPS) is 15.1. The van der Waals surface area contributed by atoms with Gasteiger partial charge < -0.3 is 14.0 Å². The maximum atomic E-state index is 5.82. The molecule has 7 heteroatoms. The van der Waals surface area contributed by atoms with Crippen molar-refractivity contribution in [2.24, 2.45) is 0 Å². The first-order valence-corrected chi connectivity index (χ1v) is 12.9. The Balaban J connectivity index is 3.99. The summed E-state index contributed by atoms with van der Waals surface area (Å²) in [5.41, 5.74) is 0. The monoisotopic (exact) mass is 410 g/mol. The molecule has 0 amide bonds. The van der Waals surface area contributed by atoms with Gasteiger partial charge in [0.25, 0.3) is 0 Å². The van der Waals surface area contributed by atoms with Crippen molar-refractivity contribution in [3.8, 4) is 0 Å². The zero-order valence-corrected chi connectivity index (χ0v) is 19.6. The Bertz CT molecular complexity index is 245. The fourth-order valence-corrected chi connectivity index (χ4v) is 4.17. The van der Waals surface area contributed by atoms with Gasteiger partial charge in [-0.15, -0.1) is 0 Å². The second-order valence-corrected chi connectivity index (χ2v) is 10.8. The molecule has 0 saturated carbocycles. The zero-order valence-electron chi connectivity index (χ0n) is 17.1. The van der Waals surface area contributed by atoms with Crippen LogP contribution in [0.15, 0.2) is 0 Å². The lowest BCUT2D eigenvalue weighted by atomic mass is 10.2. The summed E-state index contributed by atoms with van der Waals surface area (Å²) < 4.78 is 17.5. The highest BCUT2D eigenvalue weighted by Crippen LogP contribution is 2.15. The molecule has 150 valence electrons. The van der Waals surface area contributed by atoms with Crippen molar-refractivity contribution in [2.75, 3.05) is 37.1 Å². The lowest BCUT2D eigenvalue weighted by molar-refractivity contribution is 0.109. The molecule has 0 rings (SSSR count). The predicted octanol–water partition coefficient (Wildman–Crippen LogP) is 5.62. The van der Waals surface area contributed by atoms with Gasteiger partial charge in [0.2, 0.25) is 0 Å². The molecule has 3 atom stereocenters. The van der Waals surface area contributed by atoms with Crippen LogP contribution in [0.3, 0.4) is 0 Å². The molecule has 0 aromatic carbocycles. The molecule has 0 spiro atoms. The van der Waals surface area contributed by atoms with E-state index >= 15 is 0 Å². The van der Waals surface area contributed by atoms with Gasteiger partial charge >= 0.3 is 7.32 Å².